The van der Waals surface area contributed by atoms with E-state index in [9.17, 15) is 9.90 Å². The third-order valence-electron chi connectivity index (χ3n) is 8.05. The van der Waals surface area contributed by atoms with Gasteiger partial charge in [-0.2, -0.15) is 0 Å². The van der Waals surface area contributed by atoms with Crippen molar-refractivity contribution in [2.24, 2.45) is 0 Å². The van der Waals surface area contributed by atoms with Gasteiger partial charge in [0.2, 0.25) is 0 Å². The molecular formula is C30H32Cl2N2O3. The Bertz CT molecular complexity index is 1280. The number of carbonyl (C=O) groups excluding carboxylic acids is 1. The van der Waals surface area contributed by atoms with E-state index < -0.39 is 5.60 Å². The molecule has 1 N–H and O–H groups in total. The Kier molecular flexibility index (Phi) is 7.51. The summed E-state index contributed by atoms with van der Waals surface area (Å²) in [6.45, 7) is 2.46. The molecule has 2 unspecified atom stereocenters. The minimum absolute atomic E-state index is 0.00649. The number of likely N-dealkylation sites (tertiary alicyclic amines) is 1. The van der Waals surface area contributed by atoms with Crippen LogP contribution in [0.5, 0.6) is 5.75 Å². The van der Waals surface area contributed by atoms with E-state index in [0.29, 0.717) is 34.2 Å². The fraction of sp³-hybridized carbons (Fsp3) is 0.367. The fourth-order valence-corrected chi connectivity index (χ4v) is 6.25. The van der Waals surface area contributed by atoms with Gasteiger partial charge in [0, 0.05) is 26.1 Å². The molecule has 0 radical (unpaired) electrons. The van der Waals surface area contributed by atoms with E-state index in [0.717, 1.165) is 42.7 Å². The number of likely N-dealkylation sites (N-methyl/N-ethyl adjacent to an activating group) is 1. The number of hydrogen-bond acceptors (Lipinski definition) is 4. The zero-order valence-corrected chi connectivity index (χ0v) is 22.7. The molecule has 0 saturated carbocycles. The van der Waals surface area contributed by atoms with Gasteiger partial charge in [0.1, 0.15) is 5.75 Å². The highest BCUT2D eigenvalue weighted by Gasteiger charge is 2.42. The van der Waals surface area contributed by atoms with Crippen molar-refractivity contribution in [1.82, 2.24) is 9.80 Å². The molecule has 0 aromatic heterocycles. The van der Waals surface area contributed by atoms with Crippen LogP contribution in [-0.2, 0) is 5.60 Å². The molecular weight excluding hydrogens is 507 g/mol. The molecule has 1 amide bonds. The van der Waals surface area contributed by atoms with E-state index in [1.807, 2.05) is 78.7 Å². The maximum Gasteiger partial charge on any atom is 0.258 e. The van der Waals surface area contributed by atoms with Gasteiger partial charge in [-0.3, -0.25) is 4.79 Å². The van der Waals surface area contributed by atoms with Gasteiger partial charge in [-0.25, -0.2) is 0 Å². The molecule has 1 saturated heterocycles. The molecule has 1 fully saturated rings. The van der Waals surface area contributed by atoms with Crippen LogP contribution in [0.4, 0.5) is 0 Å². The minimum atomic E-state index is -0.783. The van der Waals surface area contributed by atoms with Crippen LogP contribution in [0.15, 0.2) is 66.7 Å². The predicted octanol–water partition coefficient (Wildman–Crippen LogP) is 6.29. The van der Waals surface area contributed by atoms with E-state index in [-0.39, 0.29) is 17.9 Å². The van der Waals surface area contributed by atoms with Crippen molar-refractivity contribution >= 4 is 29.1 Å². The number of methoxy groups -OCH3 is 1. The highest BCUT2D eigenvalue weighted by Crippen LogP contribution is 2.47. The third-order valence-corrected chi connectivity index (χ3v) is 8.79. The van der Waals surface area contributed by atoms with Crippen LogP contribution in [0.2, 0.25) is 10.0 Å². The standard InChI is InChI=1S/C30H32Cl2N2O3/c1-33-28(23-9-6-10-26(37-2)27(23)29(33)35)22(20-11-12-24(31)25(32)19-20)13-16-34-17-14-30(36,15-18-34)21-7-4-3-5-8-21/h3-12,19,22,28,36H,13-18H2,1-2H3. The smallest absolute Gasteiger partial charge is 0.258 e. The number of nitrogens with zero attached hydrogens (tertiary/aromatic N) is 2. The fourth-order valence-electron chi connectivity index (χ4n) is 5.95. The van der Waals surface area contributed by atoms with Gasteiger partial charge in [-0.05, 0) is 60.7 Å². The largest absolute Gasteiger partial charge is 0.496 e. The molecule has 5 rings (SSSR count). The average molecular weight is 540 g/mol. The first-order valence-corrected chi connectivity index (χ1v) is 13.5. The lowest BCUT2D eigenvalue weighted by atomic mass is 9.82. The first-order valence-electron chi connectivity index (χ1n) is 12.7. The number of fused-ring (bicyclic) bond motifs is 1. The summed E-state index contributed by atoms with van der Waals surface area (Å²) in [5.74, 6) is 0.571. The van der Waals surface area contributed by atoms with Crippen molar-refractivity contribution in [2.45, 2.75) is 36.8 Å². The molecule has 0 spiro atoms. The van der Waals surface area contributed by atoms with Crippen LogP contribution in [0.25, 0.3) is 0 Å². The zero-order chi connectivity index (χ0) is 26.2. The Morgan fingerprint density at radius 2 is 1.76 bits per heavy atom. The summed E-state index contributed by atoms with van der Waals surface area (Å²) in [7, 11) is 3.46. The number of rotatable bonds is 7. The van der Waals surface area contributed by atoms with E-state index in [4.69, 9.17) is 27.9 Å². The number of carbonyl (C=O) groups is 1. The molecule has 3 aromatic carbocycles. The lowest BCUT2D eigenvalue weighted by Crippen LogP contribution is -2.43. The number of aliphatic hydroxyl groups is 1. The first-order chi connectivity index (χ1) is 17.8. The van der Waals surface area contributed by atoms with E-state index >= 15 is 0 Å². The third kappa shape index (κ3) is 4.98. The summed E-state index contributed by atoms with van der Waals surface area (Å²) in [5.41, 5.74) is 2.86. The second-order valence-electron chi connectivity index (χ2n) is 10.1. The molecule has 37 heavy (non-hydrogen) atoms. The van der Waals surface area contributed by atoms with Crippen LogP contribution in [0, 0.1) is 0 Å². The molecule has 7 heteroatoms. The normalized spacial score (nSPS) is 20.1. The van der Waals surface area contributed by atoms with Gasteiger partial charge in [-0.15, -0.1) is 0 Å². The van der Waals surface area contributed by atoms with Crippen LogP contribution < -0.4 is 4.74 Å². The van der Waals surface area contributed by atoms with Crippen molar-refractivity contribution in [3.8, 4) is 5.75 Å². The maximum absolute atomic E-state index is 13.3. The molecule has 2 aliphatic heterocycles. The molecule has 2 heterocycles. The minimum Gasteiger partial charge on any atom is -0.496 e. The molecule has 194 valence electrons. The Labute approximate surface area is 228 Å². The monoisotopic (exact) mass is 538 g/mol. The highest BCUT2D eigenvalue weighted by atomic mass is 35.5. The Balaban J connectivity index is 1.39. The second-order valence-corrected chi connectivity index (χ2v) is 10.9. The molecule has 5 nitrogen and oxygen atoms in total. The van der Waals surface area contributed by atoms with Crippen molar-refractivity contribution in [2.75, 3.05) is 33.8 Å². The predicted molar refractivity (Wildman–Crippen MR) is 148 cm³/mol. The van der Waals surface area contributed by atoms with Crippen LogP contribution in [0.3, 0.4) is 0 Å². The maximum atomic E-state index is 13.3. The number of piperidine rings is 1. The van der Waals surface area contributed by atoms with Gasteiger partial charge < -0.3 is 19.6 Å². The van der Waals surface area contributed by atoms with Crippen molar-refractivity contribution < 1.29 is 14.6 Å². The summed E-state index contributed by atoms with van der Waals surface area (Å²) in [6.07, 6.45) is 2.20. The summed E-state index contributed by atoms with van der Waals surface area (Å²) in [6, 6.07) is 21.4. The van der Waals surface area contributed by atoms with Crippen molar-refractivity contribution in [1.29, 1.82) is 0 Å². The molecule has 2 atom stereocenters. The Morgan fingerprint density at radius 3 is 2.43 bits per heavy atom. The van der Waals surface area contributed by atoms with Crippen molar-refractivity contribution in [3.63, 3.8) is 0 Å². The number of ether oxygens (including phenoxy) is 1. The molecule has 0 aliphatic carbocycles. The lowest BCUT2D eigenvalue weighted by molar-refractivity contribution is -0.0266. The quantitative estimate of drug-likeness (QED) is 0.384. The lowest BCUT2D eigenvalue weighted by Gasteiger charge is -2.39. The number of amides is 1. The first kappa shape index (κ1) is 26.1. The SMILES string of the molecule is COc1cccc2c1C(=O)N(C)C2C(CCN1CCC(O)(c2ccccc2)CC1)c1ccc(Cl)c(Cl)c1. The molecule has 2 aliphatic rings. The number of hydrogen-bond donors (Lipinski definition) is 1. The Hall–Kier alpha value is -2.57. The topological polar surface area (TPSA) is 53.0 Å². The van der Waals surface area contributed by atoms with Crippen LogP contribution >= 0.6 is 23.2 Å². The zero-order valence-electron chi connectivity index (χ0n) is 21.2. The van der Waals surface area contributed by atoms with Crippen LogP contribution in [-0.4, -0.2) is 54.6 Å². The summed E-state index contributed by atoms with van der Waals surface area (Å²) < 4.78 is 5.54. The van der Waals surface area contributed by atoms with Gasteiger partial charge in [0.05, 0.1) is 34.4 Å². The van der Waals surface area contributed by atoms with Crippen molar-refractivity contribution in [3.05, 3.63) is 99.0 Å². The van der Waals surface area contributed by atoms with Crippen LogP contribution in [0.1, 0.15) is 58.3 Å². The average Bonchev–Trinajstić information content (AvgIpc) is 3.17. The van der Waals surface area contributed by atoms with Gasteiger partial charge in [-0.1, -0.05) is 71.7 Å². The van der Waals surface area contributed by atoms with E-state index in [1.165, 1.54) is 0 Å². The summed E-state index contributed by atoms with van der Waals surface area (Å²) in [5, 5.41) is 12.3. The summed E-state index contributed by atoms with van der Waals surface area (Å²) >= 11 is 12.7. The molecule has 0 bridgehead atoms. The number of benzene rings is 3. The van der Waals surface area contributed by atoms with Gasteiger partial charge in [0.25, 0.3) is 5.91 Å². The van der Waals surface area contributed by atoms with E-state index in [2.05, 4.69) is 4.90 Å². The van der Waals surface area contributed by atoms with Gasteiger partial charge >= 0.3 is 0 Å². The second kappa shape index (κ2) is 10.7. The van der Waals surface area contributed by atoms with E-state index in [1.54, 1.807) is 7.11 Å². The Morgan fingerprint density at radius 1 is 1.03 bits per heavy atom. The number of halogens is 2. The highest BCUT2D eigenvalue weighted by molar-refractivity contribution is 6.42. The molecule has 3 aromatic rings. The summed E-state index contributed by atoms with van der Waals surface area (Å²) in [4.78, 5) is 17.5. The van der Waals surface area contributed by atoms with Gasteiger partial charge in [0.15, 0.2) is 0 Å².